The van der Waals surface area contributed by atoms with E-state index >= 15 is 0 Å². The molecule has 0 aliphatic heterocycles. The van der Waals surface area contributed by atoms with Crippen LogP contribution in [0.15, 0.2) is 42.5 Å². The van der Waals surface area contributed by atoms with Crippen molar-refractivity contribution in [2.24, 2.45) is 0 Å². The molecule has 0 fully saturated rings. The Hall–Kier alpha value is -2.27. The molecule has 0 saturated carbocycles. The fourth-order valence-electron chi connectivity index (χ4n) is 2.22. The van der Waals surface area contributed by atoms with Gasteiger partial charge in [0.1, 0.15) is 11.6 Å². The summed E-state index contributed by atoms with van der Waals surface area (Å²) in [6.07, 6.45) is 0. The van der Waals surface area contributed by atoms with Crippen LogP contribution in [-0.2, 0) is 5.41 Å². The molecular formula is C18H20ClFN2O2. The van der Waals surface area contributed by atoms with Crippen LogP contribution in [0.2, 0.25) is 5.02 Å². The Kier molecular flexibility index (Phi) is 5.67. The maximum atomic E-state index is 13.0. The Labute approximate surface area is 146 Å². The van der Waals surface area contributed by atoms with Gasteiger partial charge in [-0.15, -0.1) is 0 Å². The molecule has 0 bridgehead atoms. The predicted molar refractivity (Wildman–Crippen MR) is 94.5 cm³/mol. The lowest BCUT2D eigenvalue weighted by atomic mass is 9.84. The van der Waals surface area contributed by atoms with E-state index in [4.69, 9.17) is 16.3 Å². The van der Waals surface area contributed by atoms with Gasteiger partial charge in [-0.3, -0.25) is 0 Å². The molecule has 2 amide bonds. The molecule has 0 atom stereocenters. The summed E-state index contributed by atoms with van der Waals surface area (Å²) < 4.78 is 18.1. The van der Waals surface area contributed by atoms with E-state index in [0.29, 0.717) is 23.0 Å². The number of hydrogen-bond acceptors (Lipinski definition) is 2. The molecule has 2 aromatic carbocycles. The lowest BCUT2D eigenvalue weighted by molar-refractivity contribution is 0.249. The van der Waals surface area contributed by atoms with Crippen molar-refractivity contribution in [3.05, 3.63) is 58.9 Å². The molecule has 0 heterocycles. The second-order valence-corrected chi connectivity index (χ2v) is 6.45. The van der Waals surface area contributed by atoms with Crippen molar-refractivity contribution in [3.63, 3.8) is 0 Å². The van der Waals surface area contributed by atoms with Crippen molar-refractivity contribution in [1.82, 2.24) is 5.32 Å². The van der Waals surface area contributed by atoms with E-state index in [2.05, 4.69) is 10.6 Å². The lowest BCUT2D eigenvalue weighted by Gasteiger charge is -2.25. The first kappa shape index (κ1) is 18.1. The number of anilines is 1. The number of carbonyl (C=O) groups excluding carboxylic acids is 1. The van der Waals surface area contributed by atoms with E-state index in [1.165, 1.54) is 19.2 Å². The molecule has 24 heavy (non-hydrogen) atoms. The SMILES string of the molecule is COc1ccc(NC(=O)NCC(C)(C)c2ccc(F)cc2)cc1Cl. The second-order valence-electron chi connectivity index (χ2n) is 6.05. The number of benzene rings is 2. The van der Waals surface area contributed by atoms with E-state index < -0.39 is 0 Å². The molecule has 128 valence electrons. The molecule has 0 radical (unpaired) electrons. The largest absolute Gasteiger partial charge is 0.495 e. The number of carbonyl (C=O) groups is 1. The quantitative estimate of drug-likeness (QED) is 0.828. The molecule has 2 N–H and O–H groups in total. The summed E-state index contributed by atoms with van der Waals surface area (Å²) in [4.78, 5) is 12.1. The molecule has 2 aromatic rings. The molecule has 2 rings (SSSR count). The topological polar surface area (TPSA) is 50.4 Å². The molecule has 0 spiro atoms. The van der Waals surface area contributed by atoms with Gasteiger partial charge in [-0.05, 0) is 35.9 Å². The number of nitrogens with one attached hydrogen (secondary N) is 2. The molecule has 0 saturated heterocycles. The van der Waals surface area contributed by atoms with Crippen molar-refractivity contribution < 1.29 is 13.9 Å². The Balaban J connectivity index is 1.95. The summed E-state index contributed by atoms with van der Waals surface area (Å²) in [7, 11) is 1.53. The van der Waals surface area contributed by atoms with Gasteiger partial charge in [0.25, 0.3) is 0 Å². The second kappa shape index (κ2) is 7.53. The van der Waals surface area contributed by atoms with Crippen LogP contribution in [0.4, 0.5) is 14.9 Å². The number of hydrogen-bond donors (Lipinski definition) is 2. The molecule has 6 heteroatoms. The number of urea groups is 1. The minimum Gasteiger partial charge on any atom is -0.495 e. The maximum Gasteiger partial charge on any atom is 0.319 e. The van der Waals surface area contributed by atoms with Gasteiger partial charge in [0.2, 0.25) is 0 Å². The van der Waals surface area contributed by atoms with Crippen LogP contribution in [0.5, 0.6) is 5.75 Å². The van der Waals surface area contributed by atoms with E-state index in [-0.39, 0.29) is 17.3 Å². The third-order valence-corrected chi connectivity index (χ3v) is 4.02. The molecular weight excluding hydrogens is 331 g/mol. The smallest absolute Gasteiger partial charge is 0.319 e. The first-order chi connectivity index (χ1) is 11.3. The highest BCUT2D eigenvalue weighted by Gasteiger charge is 2.21. The van der Waals surface area contributed by atoms with Gasteiger partial charge >= 0.3 is 6.03 Å². The Morgan fingerprint density at radius 1 is 1.21 bits per heavy atom. The number of rotatable bonds is 5. The first-order valence-electron chi connectivity index (χ1n) is 7.46. The lowest BCUT2D eigenvalue weighted by Crippen LogP contribution is -2.38. The summed E-state index contributed by atoms with van der Waals surface area (Å²) >= 11 is 6.03. The van der Waals surface area contributed by atoms with Crippen molar-refractivity contribution >= 4 is 23.3 Å². The van der Waals surface area contributed by atoms with Gasteiger partial charge < -0.3 is 15.4 Å². The van der Waals surface area contributed by atoms with E-state index in [1.807, 2.05) is 13.8 Å². The Morgan fingerprint density at radius 3 is 2.46 bits per heavy atom. The van der Waals surface area contributed by atoms with Gasteiger partial charge in [0, 0.05) is 17.6 Å². The van der Waals surface area contributed by atoms with Crippen LogP contribution in [0.1, 0.15) is 19.4 Å². The zero-order valence-corrected chi connectivity index (χ0v) is 14.6. The molecule has 4 nitrogen and oxygen atoms in total. The summed E-state index contributed by atoms with van der Waals surface area (Å²) in [6, 6.07) is 10.9. The molecule has 0 aliphatic carbocycles. The average Bonchev–Trinajstić information content (AvgIpc) is 2.54. The minimum absolute atomic E-state index is 0.281. The van der Waals surface area contributed by atoms with Crippen molar-refractivity contribution in [2.45, 2.75) is 19.3 Å². The first-order valence-corrected chi connectivity index (χ1v) is 7.84. The van der Waals surface area contributed by atoms with Crippen LogP contribution in [0.25, 0.3) is 0 Å². The number of amides is 2. The van der Waals surface area contributed by atoms with Gasteiger partial charge in [0.15, 0.2) is 0 Å². The molecule has 0 unspecified atom stereocenters. The van der Waals surface area contributed by atoms with Gasteiger partial charge in [-0.1, -0.05) is 37.6 Å². The van der Waals surface area contributed by atoms with Crippen molar-refractivity contribution in [3.8, 4) is 5.75 Å². The highest BCUT2D eigenvalue weighted by atomic mass is 35.5. The van der Waals surface area contributed by atoms with Crippen LogP contribution < -0.4 is 15.4 Å². The highest BCUT2D eigenvalue weighted by Crippen LogP contribution is 2.27. The summed E-state index contributed by atoms with van der Waals surface area (Å²) in [6.45, 7) is 4.35. The third kappa shape index (κ3) is 4.61. The van der Waals surface area contributed by atoms with Crippen LogP contribution in [0.3, 0.4) is 0 Å². The predicted octanol–water partition coefficient (Wildman–Crippen LogP) is 4.59. The van der Waals surface area contributed by atoms with Gasteiger partial charge in [-0.2, -0.15) is 0 Å². The average molecular weight is 351 g/mol. The number of ether oxygens (including phenoxy) is 1. The minimum atomic E-state index is -0.341. The van der Waals surface area contributed by atoms with E-state index in [0.717, 1.165) is 5.56 Å². The highest BCUT2D eigenvalue weighted by molar-refractivity contribution is 6.32. The van der Waals surface area contributed by atoms with Crippen LogP contribution in [0, 0.1) is 5.82 Å². The van der Waals surface area contributed by atoms with Gasteiger partial charge in [-0.25, -0.2) is 9.18 Å². The zero-order chi connectivity index (χ0) is 17.7. The molecule has 0 aromatic heterocycles. The maximum absolute atomic E-state index is 13.0. The zero-order valence-electron chi connectivity index (χ0n) is 13.8. The van der Waals surface area contributed by atoms with Crippen molar-refractivity contribution in [2.75, 3.05) is 19.0 Å². The summed E-state index contributed by atoms with van der Waals surface area (Å²) in [5.41, 5.74) is 1.18. The van der Waals surface area contributed by atoms with E-state index in [9.17, 15) is 9.18 Å². The fraction of sp³-hybridized carbons (Fsp3) is 0.278. The number of methoxy groups -OCH3 is 1. The fourth-order valence-corrected chi connectivity index (χ4v) is 2.48. The van der Waals surface area contributed by atoms with Crippen LogP contribution >= 0.6 is 11.6 Å². The monoisotopic (exact) mass is 350 g/mol. The number of halogens is 2. The summed E-state index contributed by atoms with van der Waals surface area (Å²) in [5.74, 6) is 0.261. The normalized spacial score (nSPS) is 11.0. The Morgan fingerprint density at radius 2 is 1.88 bits per heavy atom. The van der Waals surface area contributed by atoms with E-state index in [1.54, 1.807) is 30.3 Å². The van der Waals surface area contributed by atoms with Gasteiger partial charge in [0.05, 0.1) is 12.1 Å². The molecule has 0 aliphatic rings. The third-order valence-electron chi connectivity index (χ3n) is 3.73. The summed E-state index contributed by atoms with van der Waals surface area (Å²) in [5, 5.41) is 5.95. The standard InChI is InChI=1S/C18H20ClFN2O2/c1-18(2,12-4-6-13(20)7-5-12)11-21-17(23)22-14-8-9-16(24-3)15(19)10-14/h4-10H,11H2,1-3H3,(H2,21,22,23). The van der Waals surface area contributed by atoms with Crippen molar-refractivity contribution in [1.29, 1.82) is 0 Å². The Bertz CT molecular complexity index is 717. The van der Waals surface area contributed by atoms with Crippen LogP contribution in [-0.4, -0.2) is 19.7 Å².